The highest BCUT2D eigenvalue weighted by atomic mass is 32.2. The van der Waals surface area contributed by atoms with Crippen LogP contribution in [0.15, 0.2) is 29.4 Å². The van der Waals surface area contributed by atoms with Crippen molar-refractivity contribution in [1.82, 2.24) is 35.1 Å². The molecular weight excluding hydrogens is 405 g/mol. The van der Waals surface area contributed by atoms with E-state index in [9.17, 15) is 9.18 Å². The maximum absolute atomic E-state index is 13.1. The minimum Gasteiger partial charge on any atom is -0.351 e. The zero-order valence-electron chi connectivity index (χ0n) is 17.6. The normalized spacial score (nSPS) is 11.3. The van der Waals surface area contributed by atoms with Crippen LogP contribution in [0.1, 0.15) is 42.3 Å². The molecule has 0 aliphatic rings. The minimum atomic E-state index is -0.330. The average Bonchev–Trinajstić information content (AvgIpc) is 3.28. The number of nitrogens with zero attached hydrogens (tertiary/aromatic N) is 6. The van der Waals surface area contributed by atoms with Gasteiger partial charge in [0.2, 0.25) is 0 Å². The van der Waals surface area contributed by atoms with Gasteiger partial charge in [-0.3, -0.25) is 4.79 Å². The summed E-state index contributed by atoms with van der Waals surface area (Å²) in [6.45, 7) is 7.45. The molecule has 160 valence electrons. The highest BCUT2D eigenvalue weighted by molar-refractivity contribution is 7.98. The first-order valence-electron chi connectivity index (χ1n) is 9.83. The number of amides is 1. The second-order valence-corrected chi connectivity index (χ2v) is 8.15. The third kappa shape index (κ3) is 5.05. The van der Waals surface area contributed by atoms with Gasteiger partial charge in [-0.15, -0.1) is 15.3 Å². The summed E-state index contributed by atoms with van der Waals surface area (Å²) in [4.78, 5) is 12.5. The molecule has 2 aromatic heterocycles. The Morgan fingerprint density at radius 3 is 2.60 bits per heavy atom. The molecule has 3 aromatic rings. The fourth-order valence-electron chi connectivity index (χ4n) is 3.10. The lowest BCUT2D eigenvalue weighted by atomic mass is 10.2. The summed E-state index contributed by atoms with van der Waals surface area (Å²) in [6.07, 6.45) is 3.45. The summed E-state index contributed by atoms with van der Waals surface area (Å²) in [7, 11) is 0. The van der Waals surface area contributed by atoms with Gasteiger partial charge in [0, 0.05) is 19.5 Å². The number of nitrogens with one attached hydrogen (secondary N) is 1. The number of aromatic nitrogens is 6. The van der Waals surface area contributed by atoms with Crippen molar-refractivity contribution >= 4 is 17.7 Å². The number of halogens is 1. The number of hydrogen-bond acceptors (Lipinski definition) is 6. The van der Waals surface area contributed by atoms with Gasteiger partial charge < -0.3 is 9.88 Å². The lowest BCUT2D eigenvalue weighted by Gasteiger charge is -2.11. The third-order valence-electron chi connectivity index (χ3n) is 4.57. The van der Waals surface area contributed by atoms with E-state index in [-0.39, 0.29) is 17.4 Å². The van der Waals surface area contributed by atoms with E-state index in [4.69, 9.17) is 0 Å². The molecule has 30 heavy (non-hydrogen) atoms. The van der Waals surface area contributed by atoms with E-state index < -0.39 is 0 Å². The predicted octanol–water partition coefficient (Wildman–Crippen LogP) is 3.05. The monoisotopic (exact) mass is 431 g/mol. The first-order valence-corrected chi connectivity index (χ1v) is 11.1. The molecule has 0 fully saturated rings. The van der Waals surface area contributed by atoms with Crippen molar-refractivity contribution in [2.24, 2.45) is 5.92 Å². The molecule has 0 bridgehead atoms. The Morgan fingerprint density at radius 2 is 1.93 bits per heavy atom. The second kappa shape index (κ2) is 9.84. The van der Waals surface area contributed by atoms with Gasteiger partial charge in [0.15, 0.2) is 10.9 Å². The average molecular weight is 432 g/mol. The molecule has 0 radical (unpaired) electrons. The van der Waals surface area contributed by atoms with Gasteiger partial charge in [0.25, 0.3) is 5.91 Å². The standard InChI is InChI=1S/C20H26FN7OS/c1-13(2)12-27-17(23-25-20(27)30-4)6-5-11-22-19(29)18-14(3)28(26-24-18)16-9-7-15(21)8-10-16/h7-10,13H,5-6,11-12H2,1-4H3,(H,22,29). The van der Waals surface area contributed by atoms with E-state index in [1.54, 1.807) is 30.8 Å². The van der Waals surface area contributed by atoms with Crippen molar-refractivity contribution in [2.45, 2.75) is 45.3 Å². The number of benzene rings is 1. The van der Waals surface area contributed by atoms with Crippen molar-refractivity contribution < 1.29 is 9.18 Å². The van der Waals surface area contributed by atoms with Gasteiger partial charge in [-0.1, -0.05) is 30.8 Å². The van der Waals surface area contributed by atoms with Crippen LogP contribution < -0.4 is 5.32 Å². The number of rotatable bonds is 9. The molecule has 3 rings (SSSR count). The van der Waals surface area contributed by atoms with Crippen LogP contribution in [0.3, 0.4) is 0 Å². The Hall–Kier alpha value is -2.75. The molecule has 8 nitrogen and oxygen atoms in total. The van der Waals surface area contributed by atoms with E-state index in [1.807, 2.05) is 6.26 Å². The van der Waals surface area contributed by atoms with Crippen LogP contribution in [0.4, 0.5) is 4.39 Å². The van der Waals surface area contributed by atoms with Gasteiger partial charge in [-0.05, 0) is 49.8 Å². The van der Waals surface area contributed by atoms with Gasteiger partial charge in [-0.25, -0.2) is 9.07 Å². The molecular formula is C20H26FN7OS. The Morgan fingerprint density at radius 1 is 1.20 bits per heavy atom. The summed E-state index contributed by atoms with van der Waals surface area (Å²) < 4.78 is 16.8. The maximum Gasteiger partial charge on any atom is 0.273 e. The molecule has 0 atom stereocenters. The minimum absolute atomic E-state index is 0.256. The number of thioether (sulfide) groups is 1. The van der Waals surface area contributed by atoms with Crippen molar-refractivity contribution in [1.29, 1.82) is 0 Å². The topological polar surface area (TPSA) is 90.5 Å². The Kier molecular flexibility index (Phi) is 7.20. The predicted molar refractivity (Wildman–Crippen MR) is 113 cm³/mol. The molecule has 0 spiro atoms. The number of hydrogen-bond donors (Lipinski definition) is 1. The Bertz CT molecular complexity index is 997. The molecule has 0 aliphatic carbocycles. The maximum atomic E-state index is 13.1. The summed E-state index contributed by atoms with van der Waals surface area (Å²) in [6, 6.07) is 5.87. The lowest BCUT2D eigenvalue weighted by molar-refractivity contribution is 0.0947. The summed E-state index contributed by atoms with van der Waals surface area (Å²) in [5.41, 5.74) is 1.50. The van der Waals surface area contributed by atoms with E-state index in [0.29, 0.717) is 23.8 Å². The smallest absolute Gasteiger partial charge is 0.273 e. The van der Waals surface area contributed by atoms with Crippen LogP contribution in [0.25, 0.3) is 5.69 Å². The van der Waals surface area contributed by atoms with Crippen LogP contribution in [0.2, 0.25) is 0 Å². The van der Waals surface area contributed by atoms with Crippen LogP contribution in [-0.2, 0) is 13.0 Å². The zero-order valence-corrected chi connectivity index (χ0v) is 18.4. The van der Waals surface area contributed by atoms with Crippen LogP contribution in [0.5, 0.6) is 0 Å². The van der Waals surface area contributed by atoms with E-state index in [1.165, 1.54) is 16.8 Å². The molecule has 1 aromatic carbocycles. The van der Waals surface area contributed by atoms with E-state index in [2.05, 4.69) is 44.2 Å². The largest absolute Gasteiger partial charge is 0.351 e. The molecule has 0 saturated carbocycles. The van der Waals surface area contributed by atoms with E-state index >= 15 is 0 Å². The first-order chi connectivity index (χ1) is 14.4. The summed E-state index contributed by atoms with van der Waals surface area (Å²) in [5.74, 6) is 0.815. The number of carbonyl (C=O) groups is 1. The first kappa shape index (κ1) is 21.9. The summed E-state index contributed by atoms with van der Waals surface area (Å²) >= 11 is 1.58. The van der Waals surface area contributed by atoms with Crippen molar-refractivity contribution in [3.63, 3.8) is 0 Å². The highest BCUT2D eigenvalue weighted by Gasteiger charge is 2.17. The molecule has 1 amide bonds. The van der Waals surface area contributed by atoms with Gasteiger partial charge in [0.1, 0.15) is 11.6 Å². The Balaban J connectivity index is 1.57. The molecule has 1 N–H and O–H groups in total. The fourth-order valence-corrected chi connectivity index (χ4v) is 3.62. The van der Waals surface area contributed by atoms with Crippen molar-refractivity contribution in [2.75, 3.05) is 12.8 Å². The van der Waals surface area contributed by atoms with Gasteiger partial charge >= 0.3 is 0 Å². The van der Waals surface area contributed by atoms with Gasteiger partial charge in [0.05, 0.1) is 11.4 Å². The SMILES string of the molecule is CSc1nnc(CCCNC(=O)c2nnn(-c3ccc(F)cc3)c2C)n1CC(C)C. The summed E-state index contributed by atoms with van der Waals surface area (Å²) in [5, 5.41) is 20.4. The van der Waals surface area contributed by atoms with Crippen LogP contribution >= 0.6 is 11.8 Å². The van der Waals surface area contributed by atoms with Crippen LogP contribution in [0, 0.1) is 18.7 Å². The van der Waals surface area contributed by atoms with Crippen LogP contribution in [-0.4, -0.2) is 48.5 Å². The Labute approximate surface area is 179 Å². The lowest BCUT2D eigenvalue weighted by Crippen LogP contribution is -2.26. The highest BCUT2D eigenvalue weighted by Crippen LogP contribution is 2.17. The van der Waals surface area contributed by atoms with Crippen molar-refractivity contribution in [3.05, 3.63) is 47.3 Å². The molecule has 0 saturated heterocycles. The molecule has 10 heteroatoms. The van der Waals surface area contributed by atoms with E-state index in [0.717, 1.165) is 30.4 Å². The second-order valence-electron chi connectivity index (χ2n) is 7.38. The molecule has 0 unspecified atom stereocenters. The van der Waals surface area contributed by atoms with Gasteiger partial charge in [-0.2, -0.15) is 0 Å². The quantitative estimate of drug-likeness (QED) is 0.414. The van der Waals surface area contributed by atoms with Crippen molar-refractivity contribution in [3.8, 4) is 5.69 Å². The fraction of sp³-hybridized carbons (Fsp3) is 0.450. The zero-order chi connectivity index (χ0) is 21.7. The number of aryl methyl sites for hydroxylation is 1. The third-order valence-corrected chi connectivity index (χ3v) is 5.23. The number of carbonyl (C=O) groups excluding carboxylic acids is 1. The molecule has 0 aliphatic heterocycles. The molecule has 2 heterocycles.